The molecule has 0 aliphatic rings. The molecule has 0 bridgehead atoms. The molecular weight excluding hydrogens is 392 g/mol. The second-order valence-corrected chi connectivity index (χ2v) is 7.20. The summed E-state index contributed by atoms with van der Waals surface area (Å²) in [5, 5.41) is 17.6. The van der Waals surface area contributed by atoms with Crippen molar-refractivity contribution in [3.8, 4) is 11.8 Å². The van der Waals surface area contributed by atoms with Crippen molar-refractivity contribution in [2.45, 2.75) is 13.8 Å². The molecule has 0 spiro atoms. The predicted molar refractivity (Wildman–Crippen MR) is 120 cm³/mol. The van der Waals surface area contributed by atoms with Gasteiger partial charge in [0.05, 0.1) is 11.9 Å². The summed E-state index contributed by atoms with van der Waals surface area (Å²) in [7, 11) is 3.90. The number of hydrogen-bond donors (Lipinski definition) is 1. The highest BCUT2D eigenvalue weighted by Crippen LogP contribution is 2.12. The molecule has 1 heterocycles. The Balaban J connectivity index is 1.89. The van der Waals surface area contributed by atoms with Crippen molar-refractivity contribution < 1.29 is 4.79 Å². The van der Waals surface area contributed by atoms with Crippen LogP contribution >= 0.6 is 0 Å². The summed E-state index contributed by atoms with van der Waals surface area (Å²) < 4.78 is 1.06. The summed E-state index contributed by atoms with van der Waals surface area (Å²) >= 11 is 0. The van der Waals surface area contributed by atoms with E-state index < -0.39 is 11.5 Å². The minimum absolute atomic E-state index is 0.0446. The first-order valence-electron chi connectivity index (χ1n) is 9.53. The van der Waals surface area contributed by atoms with Crippen LogP contribution in [0.4, 0.5) is 5.69 Å². The first-order valence-corrected chi connectivity index (χ1v) is 9.53. The van der Waals surface area contributed by atoms with Crippen molar-refractivity contribution in [2.75, 3.05) is 19.0 Å². The fraction of sp³-hybridized carbons (Fsp3) is 0.174. The van der Waals surface area contributed by atoms with Crippen molar-refractivity contribution in [1.82, 2.24) is 15.2 Å². The molecule has 0 aliphatic heterocycles. The van der Waals surface area contributed by atoms with Crippen LogP contribution in [0.15, 0.2) is 58.4 Å². The number of carbonyl (C=O) groups excluding carboxylic acids is 1. The first-order chi connectivity index (χ1) is 14.8. The second-order valence-electron chi connectivity index (χ2n) is 7.20. The van der Waals surface area contributed by atoms with Gasteiger partial charge in [0.1, 0.15) is 11.6 Å². The van der Waals surface area contributed by atoms with E-state index in [0.29, 0.717) is 5.69 Å². The van der Waals surface area contributed by atoms with Gasteiger partial charge in [0.2, 0.25) is 0 Å². The topological polar surface area (TPSA) is 103 Å². The zero-order valence-electron chi connectivity index (χ0n) is 17.7. The number of amides is 1. The Labute approximate surface area is 180 Å². The maximum absolute atomic E-state index is 12.7. The molecule has 0 saturated heterocycles. The number of hydrazone groups is 1. The molecule has 1 amide bonds. The summed E-state index contributed by atoms with van der Waals surface area (Å²) in [5.74, 6) is -0.615. The third-order valence-electron chi connectivity index (χ3n) is 4.73. The molecule has 0 unspecified atom stereocenters. The van der Waals surface area contributed by atoms with Crippen LogP contribution in [0.3, 0.4) is 0 Å². The van der Waals surface area contributed by atoms with E-state index in [2.05, 4.69) is 15.6 Å². The first kappa shape index (κ1) is 21.5. The fourth-order valence-electron chi connectivity index (χ4n) is 2.89. The highest BCUT2D eigenvalue weighted by molar-refractivity contribution is 5.94. The van der Waals surface area contributed by atoms with Crippen molar-refractivity contribution in [3.05, 3.63) is 86.8 Å². The van der Waals surface area contributed by atoms with Gasteiger partial charge >= 0.3 is 0 Å². The van der Waals surface area contributed by atoms with E-state index in [0.717, 1.165) is 21.5 Å². The molecule has 3 aromatic rings. The minimum Gasteiger partial charge on any atom is -0.378 e. The summed E-state index contributed by atoms with van der Waals surface area (Å²) in [4.78, 5) is 27.3. The smallest absolute Gasteiger partial charge is 0.292 e. The summed E-state index contributed by atoms with van der Waals surface area (Å²) in [6.07, 6.45) is 1.51. The number of anilines is 1. The lowest BCUT2D eigenvalue weighted by atomic mass is 10.1. The van der Waals surface area contributed by atoms with E-state index in [9.17, 15) is 14.9 Å². The molecule has 2 aromatic carbocycles. The van der Waals surface area contributed by atoms with Crippen LogP contribution in [0.5, 0.6) is 0 Å². The van der Waals surface area contributed by atoms with Gasteiger partial charge in [0, 0.05) is 25.3 Å². The third kappa shape index (κ3) is 4.67. The Morgan fingerprint density at radius 1 is 1.13 bits per heavy atom. The SMILES string of the molecule is Cc1ccc(-n2nc(C(=O)N/N=C/c3ccc(N(C)C)cc3)c(C)c(C#N)c2=O)cc1. The molecule has 0 aliphatic carbocycles. The van der Waals surface area contributed by atoms with E-state index in [1.165, 1.54) is 13.1 Å². The lowest BCUT2D eigenvalue weighted by Crippen LogP contribution is -2.31. The van der Waals surface area contributed by atoms with Gasteiger partial charge in [-0.2, -0.15) is 20.1 Å². The van der Waals surface area contributed by atoms with E-state index in [1.807, 2.05) is 68.4 Å². The number of aromatic nitrogens is 2. The number of aryl methyl sites for hydroxylation is 1. The Morgan fingerprint density at radius 3 is 2.35 bits per heavy atom. The quantitative estimate of drug-likeness (QED) is 0.510. The van der Waals surface area contributed by atoms with E-state index in [4.69, 9.17) is 0 Å². The molecule has 1 aromatic heterocycles. The highest BCUT2D eigenvalue weighted by Gasteiger charge is 2.20. The summed E-state index contributed by atoms with van der Waals surface area (Å²) in [6.45, 7) is 3.44. The molecule has 1 N–H and O–H groups in total. The number of hydrogen-bond acceptors (Lipinski definition) is 6. The Morgan fingerprint density at radius 2 is 1.77 bits per heavy atom. The molecule has 0 radical (unpaired) electrons. The normalized spacial score (nSPS) is 10.7. The van der Waals surface area contributed by atoms with Gasteiger partial charge in [0.25, 0.3) is 11.5 Å². The van der Waals surface area contributed by atoms with Crippen LogP contribution in [0.25, 0.3) is 5.69 Å². The highest BCUT2D eigenvalue weighted by atomic mass is 16.2. The van der Waals surface area contributed by atoms with Crippen molar-refractivity contribution in [2.24, 2.45) is 5.10 Å². The van der Waals surface area contributed by atoms with Crippen LogP contribution in [-0.4, -0.2) is 36.0 Å². The molecule has 8 nitrogen and oxygen atoms in total. The van der Waals surface area contributed by atoms with E-state index >= 15 is 0 Å². The maximum atomic E-state index is 12.7. The average Bonchev–Trinajstić information content (AvgIpc) is 2.75. The third-order valence-corrected chi connectivity index (χ3v) is 4.73. The Bertz CT molecular complexity index is 1230. The molecule has 31 heavy (non-hydrogen) atoms. The largest absolute Gasteiger partial charge is 0.378 e. The van der Waals surface area contributed by atoms with Crippen molar-refractivity contribution in [1.29, 1.82) is 5.26 Å². The molecule has 156 valence electrons. The molecule has 3 rings (SSSR count). The number of rotatable bonds is 5. The average molecular weight is 414 g/mol. The molecule has 0 fully saturated rings. The minimum atomic E-state index is -0.615. The number of nitriles is 1. The van der Waals surface area contributed by atoms with Crippen molar-refractivity contribution in [3.63, 3.8) is 0 Å². The standard InChI is InChI=1S/C23H22N6O2/c1-15-5-9-19(10-6-15)29-23(31)20(13-24)16(2)21(27-29)22(30)26-25-14-17-7-11-18(12-8-17)28(3)4/h5-12,14H,1-4H3,(H,26,30)/b25-14+. The van der Waals surface area contributed by atoms with Gasteiger partial charge in [-0.05, 0) is 43.7 Å². The second kappa shape index (κ2) is 9.05. The van der Waals surface area contributed by atoms with Crippen LogP contribution in [0, 0.1) is 25.2 Å². The number of benzene rings is 2. The van der Waals surface area contributed by atoms with Crippen LogP contribution in [-0.2, 0) is 0 Å². The van der Waals surface area contributed by atoms with Gasteiger partial charge in [-0.3, -0.25) is 9.59 Å². The van der Waals surface area contributed by atoms with Crippen LogP contribution < -0.4 is 15.9 Å². The Hall–Kier alpha value is -4.25. The van der Waals surface area contributed by atoms with Gasteiger partial charge in [0.15, 0.2) is 5.69 Å². The van der Waals surface area contributed by atoms with Crippen molar-refractivity contribution >= 4 is 17.8 Å². The number of nitrogens with zero attached hydrogens (tertiary/aromatic N) is 5. The molecular formula is C23H22N6O2. The van der Waals surface area contributed by atoms with Gasteiger partial charge < -0.3 is 4.90 Å². The van der Waals surface area contributed by atoms with E-state index in [-0.39, 0.29) is 16.8 Å². The molecule has 0 saturated carbocycles. The molecule has 0 atom stereocenters. The zero-order chi connectivity index (χ0) is 22.5. The number of nitrogens with one attached hydrogen (secondary N) is 1. The molecule has 8 heteroatoms. The van der Waals surface area contributed by atoms with Crippen LogP contribution in [0.2, 0.25) is 0 Å². The van der Waals surface area contributed by atoms with Gasteiger partial charge in [-0.15, -0.1) is 0 Å². The zero-order valence-corrected chi connectivity index (χ0v) is 17.7. The maximum Gasteiger partial charge on any atom is 0.292 e. The monoisotopic (exact) mass is 414 g/mol. The van der Waals surface area contributed by atoms with Gasteiger partial charge in [-0.25, -0.2) is 5.43 Å². The fourth-order valence-corrected chi connectivity index (χ4v) is 2.89. The summed E-state index contributed by atoms with van der Waals surface area (Å²) in [6, 6.07) is 16.6. The summed E-state index contributed by atoms with van der Waals surface area (Å²) in [5.41, 5.74) is 5.19. The van der Waals surface area contributed by atoms with Gasteiger partial charge in [-0.1, -0.05) is 29.8 Å². The van der Waals surface area contributed by atoms with E-state index in [1.54, 1.807) is 12.1 Å². The lowest BCUT2D eigenvalue weighted by molar-refractivity contribution is 0.0947. The predicted octanol–water partition coefficient (Wildman–Crippen LogP) is 2.55. The number of carbonyl (C=O) groups is 1. The lowest BCUT2D eigenvalue weighted by Gasteiger charge is -2.11. The van der Waals surface area contributed by atoms with Crippen LogP contribution in [0.1, 0.15) is 32.7 Å². The Kier molecular flexibility index (Phi) is 6.26.